The Balaban J connectivity index is 2.43. The first-order valence-electron chi connectivity index (χ1n) is 6.24. The number of aryl methyl sites for hydroxylation is 1. The highest BCUT2D eigenvalue weighted by Crippen LogP contribution is 2.19. The van der Waals surface area contributed by atoms with Gasteiger partial charge in [-0.05, 0) is 63.5 Å². The van der Waals surface area contributed by atoms with Crippen molar-refractivity contribution in [3.63, 3.8) is 0 Å². The van der Waals surface area contributed by atoms with Gasteiger partial charge in [0.15, 0.2) is 0 Å². The predicted octanol–water partition coefficient (Wildman–Crippen LogP) is 3.23. The lowest BCUT2D eigenvalue weighted by atomic mass is 9.98. The Morgan fingerprint density at radius 2 is 2.12 bits per heavy atom. The van der Waals surface area contributed by atoms with Gasteiger partial charge in [0.2, 0.25) is 0 Å². The molecular formula is C14H24N2. The predicted molar refractivity (Wildman–Crippen MR) is 69.8 cm³/mol. The van der Waals surface area contributed by atoms with E-state index in [-0.39, 0.29) is 0 Å². The standard InChI is InChI=1S/C14H24N2/c1-5-9-16(4)10-7-12(2)14-6-8-15-13(3)11-14/h6,8,11-12H,5,7,9-10H2,1-4H3. The van der Waals surface area contributed by atoms with Crippen molar-refractivity contribution < 1.29 is 0 Å². The summed E-state index contributed by atoms with van der Waals surface area (Å²) < 4.78 is 0. The van der Waals surface area contributed by atoms with Gasteiger partial charge in [0.05, 0.1) is 0 Å². The number of pyridine rings is 1. The molecule has 0 N–H and O–H groups in total. The van der Waals surface area contributed by atoms with E-state index in [1.54, 1.807) is 0 Å². The van der Waals surface area contributed by atoms with Gasteiger partial charge in [0.1, 0.15) is 0 Å². The first kappa shape index (κ1) is 13.2. The molecule has 0 amide bonds. The van der Waals surface area contributed by atoms with Crippen molar-refractivity contribution in [3.8, 4) is 0 Å². The molecular weight excluding hydrogens is 196 g/mol. The maximum Gasteiger partial charge on any atom is 0.0375 e. The van der Waals surface area contributed by atoms with Crippen LogP contribution in [0.25, 0.3) is 0 Å². The molecule has 0 radical (unpaired) electrons. The van der Waals surface area contributed by atoms with Gasteiger partial charge in [0.25, 0.3) is 0 Å². The molecule has 2 nitrogen and oxygen atoms in total. The van der Waals surface area contributed by atoms with Crippen LogP contribution in [0.15, 0.2) is 18.3 Å². The summed E-state index contributed by atoms with van der Waals surface area (Å²) in [5, 5.41) is 0. The van der Waals surface area contributed by atoms with Crippen LogP contribution in [0.4, 0.5) is 0 Å². The summed E-state index contributed by atoms with van der Waals surface area (Å²) in [6.45, 7) is 8.96. The number of aromatic nitrogens is 1. The second kappa shape index (κ2) is 6.64. The summed E-state index contributed by atoms with van der Waals surface area (Å²) in [6.07, 6.45) is 4.37. The summed E-state index contributed by atoms with van der Waals surface area (Å²) in [5.41, 5.74) is 2.53. The molecule has 0 aliphatic rings. The van der Waals surface area contributed by atoms with Crippen LogP contribution < -0.4 is 0 Å². The summed E-state index contributed by atoms with van der Waals surface area (Å²) in [5.74, 6) is 0.626. The lowest BCUT2D eigenvalue weighted by molar-refractivity contribution is 0.321. The molecule has 0 aliphatic heterocycles. The summed E-state index contributed by atoms with van der Waals surface area (Å²) in [7, 11) is 2.20. The van der Waals surface area contributed by atoms with Crippen molar-refractivity contribution >= 4 is 0 Å². The van der Waals surface area contributed by atoms with Crippen molar-refractivity contribution in [2.24, 2.45) is 0 Å². The zero-order valence-corrected chi connectivity index (χ0v) is 11.0. The van der Waals surface area contributed by atoms with E-state index in [0.29, 0.717) is 5.92 Å². The van der Waals surface area contributed by atoms with Crippen molar-refractivity contribution in [3.05, 3.63) is 29.6 Å². The number of nitrogens with zero attached hydrogens (tertiary/aromatic N) is 2. The normalized spacial score (nSPS) is 13.1. The fourth-order valence-corrected chi connectivity index (χ4v) is 1.95. The van der Waals surface area contributed by atoms with E-state index in [2.05, 4.69) is 49.8 Å². The van der Waals surface area contributed by atoms with Crippen molar-refractivity contribution in [2.75, 3.05) is 20.1 Å². The van der Waals surface area contributed by atoms with Crippen LogP contribution in [0, 0.1) is 6.92 Å². The van der Waals surface area contributed by atoms with E-state index in [4.69, 9.17) is 0 Å². The second-order valence-corrected chi connectivity index (χ2v) is 4.72. The fourth-order valence-electron chi connectivity index (χ4n) is 1.95. The molecule has 1 rings (SSSR count). The molecule has 0 fully saturated rings. The first-order valence-corrected chi connectivity index (χ1v) is 6.24. The van der Waals surface area contributed by atoms with Gasteiger partial charge in [-0.1, -0.05) is 13.8 Å². The highest BCUT2D eigenvalue weighted by Gasteiger charge is 2.07. The monoisotopic (exact) mass is 220 g/mol. The van der Waals surface area contributed by atoms with E-state index in [1.165, 1.54) is 31.5 Å². The molecule has 1 atom stereocenters. The molecule has 0 aliphatic carbocycles. The molecule has 90 valence electrons. The van der Waals surface area contributed by atoms with E-state index in [1.807, 2.05) is 6.20 Å². The highest BCUT2D eigenvalue weighted by atomic mass is 15.1. The minimum absolute atomic E-state index is 0.626. The number of hydrogen-bond donors (Lipinski definition) is 0. The van der Waals surface area contributed by atoms with Crippen LogP contribution in [-0.2, 0) is 0 Å². The number of hydrogen-bond acceptors (Lipinski definition) is 2. The van der Waals surface area contributed by atoms with Gasteiger partial charge in [0, 0.05) is 11.9 Å². The Kier molecular flexibility index (Phi) is 5.47. The first-order chi connectivity index (χ1) is 7.63. The molecule has 2 heteroatoms. The summed E-state index contributed by atoms with van der Waals surface area (Å²) >= 11 is 0. The Hall–Kier alpha value is -0.890. The van der Waals surface area contributed by atoms with E-state index in [0.717, 1.165) is 5.69 Å². The second-order valence-electron chi connectivity index (χ2n) is 4.72. The molecule has 0 spiro atoms. The van der Waals surface area contributed by atoms with E-state index in [9.17, 15) is 0 Å². The van der Waals surface area contributed by atoms with Crippen molar-refractivity contribution in [1.29, 1.82) is 0 Å². The third-order valence-corrected chi connectivity index (χ3v) is 3.04. The van der Waals surface area contributed by atoms with Gasteiger partial charge >= 0.3 is 0 Å². The van der Waals surface area contributed by atoms with Crippen LogP contribution in [0.5, 0.6) is 0 Å². The smallest absolute Gasteiger partial charge is 0.0375 e. The topological polar surface area (TPSA) is 16.1 Å². The Morgan fingerprint density at radius 1 is 1.38 bits per heavy atom. The minimum atomic E-state index is 0.626. The molecule has 0 bridgehead atoms. The molecule has 1 unspecified atom stereocenters. The Bertz CT molecular complexity index is 309. The SMILES string of the molecule is CCCN(C)CCC(C)c1ccnc(C)c1. The molecule has 16 heavy (non-hydrogen) atoms. The third kappa shape index (κ3) is 4.31. The van der Waals surface area contributed by atoms with Crippen LogP contribution in [0.3, 0.4) is 0 Å². The molecule has 1 aromatic heterocycles. The molecule has 0 saturated heterocycles. The Labute approximate surface area is 99.7 Å². The third-order valence-electron chi connectivity index (χ3n) is 3.04. The molecule has 0 saturated carbocycles. The highest BCUT2D eigenvalue weighted by molar-refractivity contribution is 5.19. The molecule has 1 aromatic rings. The maximum absolute atomic E-state index is 4.24. The Morgan fingerprint density at radius 3 is 2.75 bits per heavy atom. The van der Waals surface area contributed by atoms with Crippen LogP contribution in [0.1, 0.15) is 43.9 Å². The van der Waals surface area contributed by atoms with Gasteiger partial charge < -0.3 is 4.90 Å². The van der Waals surface area contributed by atoms with Crippen molar-refractivity contribution in [2.45, 2.75) is 39.5 Å². The summed E-state index contributed by atoms with van der Waals surface area (Å²) in [4.78, 5) is 6.64. The average Bonchev–Trinajstić information content (AvgIpc) is 2.26. The quantitative estimate of drug-likeness (QED) is 0.731. The van der Waals surface area contributed by atoms with Gasteiger partial charge in [-0.25, -0.2) is 0 Å². The number of rotatable bonds is 6. The van der Waals surface area contributed by atoms with Crippen LogP contribution in [-0.4, -0.2) is 30.0 Å². The lowest BCUT2D eigenvalue weighted by Crippen LogP contribution is -2.21. The molecule has 1 heterocycles. The average molecular weight is 220 g/mol. The fraction of sp³-hybridized carbons (Fsp3) is 0.643. The minimum Gasteiger partial charge on any atom is -0.306 e. The maximum atomic E-state index is 4.24. The zero-order valence-electron chi connectivity index (χ0n) is 11.0. The van der Waals surface area contributed by atoms with Crippen LogP contribution in [0.2, 0.25) is 0 Å². The van der Waals surface area contributed by atoms with Gasteiger partial charge in [-0.3, -0.25) is 4.98 Å². The van der Waals surface area contributed by atoms with Gasteiger partial charge in [-0.15, -0.1) is 0 Å². The lowest BCUT2D eigenvalue weighted by Gasteiger charge is -2.19. The van der Waals surface area contributed by atoms with E-state index < -0.39 is 0 Å². The van der Waals surface area contributed by atoms with Gasteiger partial charge in [-0.2, -0.15) is 0 Å². The molecule has 0 aromatic carbocycles. The summed E-state index contributed by atoms with van der Waals surface area (Å²) in [6, 6.07) is 4.34. The zero-order chi connectivity index (χ0) is 12.0. The van der Waals surface area contributed by atoms with Crippen LogP contribution >= 0.6 is 0 Å². The van der Waals surface area contributed by atoms with Crippen molar-refractivity contribution in [1.82, 2.24) is 9.88 Å². The largest absolute Gasteiger partial charge is 0.306 e. The van der Waals surface area contributed by atoms with E-state index >= 15 is 0 Å².